The molecule has 1 aromatic heterocycles. The van der Waals surface area contributed by atoms with Crippen molar-refractivity contribution in [1.82, 2.24) is 10.4 Å². The number of aromatic nitrogens is 1. The number of rotatable bonds is 3. The van der Waals surface area contributed by atoms with Gasteiger partial charge in [-0.2, -0.15) is 5.10 Å². The zero-order valence-electron chi connectivity index (χ0n) is 14.5. The highest BCUT2D eigenvalue weighted by Gasteiger charge is 2.29. The number of methoxy groups -OCH3 is 1. The van der Waals surface area contributed by atoms with E-state index in [1.165, 1.54) is 12.1 Å². The summed E-state index contributed by atoms with van der Waals surface area (Å²) in [5, 5.41) is 11.6. The molecule has 0 saturated heterocycles. The third-order valence-electron chi connectivity index (χ3n) is 4.35. The molecule has 0 radical (unpaired) electrons. The van der Waals surface area contributed by atoms with E-state index < -0.39 is 0 Å². The molecule has 1 aliphatic rings. The van der Waals surface area contributed by atoms with Crippen LogP contribution >= 0.6 is 12.4 Å². The van der Waals surface area contributed by atoms with E-state index in [9.17, 15) is 4.39 Å². The monoisotopic (exact) mass is 377 g/mol. The van der Waals surface area contributed by atoms with Crippen LogP contribution in [-0.4, -0.2) is 23.8 Å². The predicted molar refractivity (Wildman–Crippen MR) is 102 cm³/mol. The summed E-state index contributed by atoms with van der Waals surface area (Å²) in [7, 11) is 1.57. The normalized spacial score (nSPS) is 17.2. The quantitative estimate of drug-likeness (QED) is 0.435. The van der Waals surface area contributed by atoms with Gasteiger partial charge in [-0.1, -0.05) is 0 Å². The smallest absolute Gasteiger partial charge is 0.206 e. The number of pyridine rings is 1. The highest BCUT2D eigenvalue weighted by molar-refractivity contribution is 6.04. The highest BCUT2D eigenvalue weighted by atomic mass is 35.5. The van der Waals surface area contributed by atoms with Crippen molar-refractivity contribution < 1.29 is 9.13 Å². The Kier molecular flexibility index (Phi) is 6.15. The van der Waals surface area contributed by atoms with Crippen LogP contribution in [0.4, 0.5) is 4.39 Å². The number of hydrogen-bond acceptors (Lipinski definition) is 4. The minimum atomic E-state index is -0.306. The number of ether oxygens (including phenoxy) is 1. The van der Waals surface area contributed by atoms with Crippen LogP contribution < -0.4 is 15.9 Å². The Bertz CT molecular complexity index is 855. The maximum atomic E-state index is 13.8. The summed E-state index contributed by atoms with van der Waals surface area (Å²) in [6.07, 6.45) is 2.99. The number of benzene rings is 1. The zero-order valence-corrected chi connectivity index (χ0v) is 15.4. The van der Waals surface area contributed by atoms with E-state index in [0.29, 0.717) is 18.6 Å². The first-order chi connectivity index (χ1) is 12.0. The van der Waals surface area contributed by atoms with Crippen LogP contribution in [0.2, 0.25) is 0 Å². The van der Waals surface area contributed by atoms with Crippen LogP contribution in [-0.2, 0) is 6.42 Å². The van der Waals surface area contributed by atoms with Crippen LogP contribution in [0.3, 0.4) is 0 Å². The summed E-state index contributed by atoms with van der Waals surface area (Å²) in [6, 6.07) is 6.44. The largest absolute Gasteiger partial charge is 0.496 e. The molecular formula is C18H21ClFN5O. The minimum Gasteiger partial charge on any atom is -0.496 e. The average Bonchev–Trinajstić information content (AvgIpc) is 2.59. The fourth-order valence-corrected chi connectivity index (χ4v) is 3.28. The average molecular weight is 378 g/mol. The molecule has 26 heavy (non-hydrogen) atoms. The second-order valence-electron chi connectivity index (χ2n) is 6.02. The molecule has 0 saturated carbocycles. The Morgan fingerprint density at radius 1 is 1.38 bits per heavy atom. The van der Waals surface area contributed by atoms with Crippen LogP contribution in [0.5, 0.6) is 5.75 Å². The summed E-state index contributed by atoms with van der Waals surface area (Å²) in [5.74, 6) is 0.0709. The standard InChI is InChI=1S/C18H20FN5O.ClH/c1-10-5-6-22-14-7-11(8-15(17(10)14)23-24-18(20)21)13-9-12(19)3-4-16(13)25-2;/h3-6,9,11H,7-8H2,1-2H3,(H4,20,21,24);1H. The summed E-state index contributed by atoms with van der Waals surface area (Å²) < 4.78 is 19.2. The lowest BCUT2D eigenvalue weighted by atomic mass is 9.79. The van der Waals surface area contributed by atoms with E-state index in [1.54, 1.807) is 19.4 Å². The number of hydrazone groups is 1. The summed E-state index contributed by atoms with van der Waals surface area (Å²) in [4.78, 5) is 4.48. The van der Waals surface area contributed by atoms with E-state index in [2.05, 4.69) is 15.5 Å². The van der Waals surface area contributed by atoms with Crippen molar-refractivity contribution in [3.05, 3.63) is 58.7 Å². The van der Waals surface area contributed by atoms with Crippen molar-refractivity contribution in [3.8, 4) is 5.75 Å². The number of fused-ring (bicyclic) bond motifs is 1. The van der Waals surface area contributed by atoms with Gasteiger partial charge in [0.1, 0.15) is 11.6 Å². The number of nitrogens with zero attached hydrogens (tertiary/aromatic N) is 2. The van der Waals surface area contributed by atoms with Crippen LogP contribution in [0.1, 0.15) is 34.7 Å². The number of nitrogens with one attached hydrogen (secondary N) is 2. The van der Waals surface area contributed by atoms with Gasteiger partial charge in [0.25, 0.3) is 0 Å². The van der Waals surface area contributed by atoms with Crippen molar-refractivity contribution in [3.63, 3.8) is 0 Å². The van der Waals surface area contributed by atoms with E-state index in [-0.39, 0.29) is 30.1 Å². The fourth-order valence-electron chi connectivity index (χ4n) is 3.28. The lowest BCUT2D eigenvalue weighted by Gasteiger charge is -2.27. The summed E-state index contributed by atoms with van der Waals surface area (Å²) in [6.45, 7) is 1.99. The third-order valence-corrected chi connectivity index (χ3v) is 4.35. The molecule has 8 heteroatoms. The topological polar surface area (TPSA) is 96.4 Å². The molecule has 0 amide bonds. The van der Waals surface area contributed by atoms with Crippen molar-refractivity contribution in [1.29, 1.82) is 5.41 Å². The summed E-state index contributed by atoms with van der Waals surface area (Å²) in [5.41, 5.74) is 12.3. The SMILES string of the molecule is COc1ccc(F)cc1C1CC(=NNC(=N)N)c2c(C)ccnc2C1.Cl. The molecule has 6 nitrogen and oxygen atoms in total. The van der Waals surface area contributed by atoms with E-state index in [4.69, 9.17) is 15.9 Å². The molecule has 3 rings (SSSR count). The Morgan fingerprint density at radius 2 is 2.15 bits per heavy atom. The Balaban J connectivity index is 0.00000243. The van der Waals surface area contributed by atoms with Crippen LogP contribution in [0.15, 0.2) is 35.6 Å². The van der Waals surface area contributed by atoms with Crippen molar-refractivity contribution in [2.45, 2.75) is 25.7 Å². The first kappa shape index (κ1) is 19.7. The molecule has 1 atom stereocenters. The minimum absolute atomic E-state index is 0. The van der Waals surface area contributed by atoms with Crippen LogP contribution in [0, 0.1) is 18.2 Å². The third kappa shape index (κ3) is 3.94. The van der Waals surface area contributed by atoms with Gasteiger partial charge in [-0.15, -0.1) is 12.4 Å². The molecule has 0 bridgehead atoms. The molecular weight excluding hydrogens is 357 g/mol. The second-order valence-corrected chi connectivity index (χ2v) is 6.02. The molecule has 2 aromatic rings. The maximum absolute atomic E-state index is 13.8. The highest BCUT2D eigenvalue weighted by Crippen LogP contribution is 2.37. The van der Waals surface area contributed by atoms with E-state index in [0.717, 1.165) is 28.1 Å². The van der Waals surface area contributed by atoms with Gasteiger partial charge < -0.3 is 10.5 Å². The summed E-state index contributed by atoms with van der Waals surface area (Å²) >= 11 is 0. The van der Waals surface area contributed by atoms with Gasteiger partial charge in [0.15, 0.2) is 0 Å². The molecule has 1 aromatic carbocycles. The van der Waals surface area contributed by atoms with Gasteiger partial charge >= 0.3 is 0 Å². The Morgan fingerprint density at radius 3 is 2.85 bits per heavy atom. The molecule has 0 spiro atoms. The first-order valence-electron chi connectivity index (χ1n) is 7.94. The first-order valence-corrected chi connectivity index (χ1v) is 7.94. The van der Waals surface area contributed by atoms with Crippen molar-refractivity contribution in [2.24, 2.45) is 10.8 Å². The van der Waals surface area contributed by atoms with Crippen molar-refractivity contribution >= 4 is 24.1 Å². The molecule has 0 aliphatic heterocycles. The lowest BCUT2D eigenvalue weighted by molar-refractivity contribution is 0.403. The number of halogens is 2. The fraction of sp³-hybridized carbons (Fsp3) is 0.278. The Hall–Kier alpha value is -2.67. The van der Waals surface area contributed by atoms with Gasteiger partial charge in [-0.05, 0) is 55.5 Å². The van der Waals surface area contributed by atoms with Crippen molar-refractivity contribution in [2.75, 3.05) is 7.11 Å². The molecule has 1 heterocycles. The van der Waals surface area contributed by atoms with Gasteiger partial charge in [0.2, 0.25) is 5.96 Å². The van der Waals surface area contributed by atoms with Crippen LogP contribution in [0.25, 0.3) is 0 Å². The molecule has 1 unspecified atom stereocenters. The number of guanidine groups is 1. The predicted octanol–water partition coefficient (Wildman–Crippen LogP) is 2.88. The lowest BCUT2D eigenvalue weighted by Crippen LogP contribution is -2.29. The van der Waals surface area contributed by atoms with Gasteiger partial charge in [-0.25, -0.2) is 9.82 Å². The van der Waals surface area contributed by atoms with Gasteiger partial charge in [0.05, 0.1) is 18.5 Å². The molecule has 138 valence electrons. The number of aryl methyl sites for hydroxylation is 1. The van der Waals surface area contributed by atoms with Gasteiger partial charge in [-0.3, -0.25) is 10.4 Å². The second kappa shape index (κ2) is 8.14. The van der Waals surface area contributed by atoms with Gasteiger partial charge in [0, 0.05) is 17.3 Å². The molecule has 1 aliphatic carbocycles. The Labute approximate surface area is 157 Å². The zero-order chi connectivity index (χ0) is 18.0. The van der Waals surface area contributed by atoms with E-state index in [1.807, 2.05) is 13.0 Å². The number of nitrogens with two attached hydrogens (primary N) is 1. The van der Waals surface area contributed by atoms with E-state index >= 15 is 0 Å². The molecule has 4 N–H and O–H groups in total. The number of hydrogen-bond donors (Lipinski definition) is 3. The maximum Gasteiger partial charge on any atom is 0.206 e. The molecule has 0 fully saturated rings.